The van der Waals surface area contributed by atoms with Crippen molar-refractivity contribution in [3.05, 3.63) is 0 Å². The molecule has 0 aromatic rings. The highest BCUT2D eigenvalue weighted by Gasteiger charge is 1.75. The molecule has 38 valence electrons. The molecule has 0 aliphatic heterocycles. The van der Waals surface area contributed by atoms with Crippen LogP contribution in [0.15, 0.2) is 0 Å². The molecule has 0 fully saturated rings. The molecule has 0 aliphatic rings. The second-order valence-corrected chi connectivity index (χ2v) is 1.05. The minimum Gasteiger partial charge on any atom is -0.344 e. The number of nitrogens with one attached hydrogen (secondary N) is 1. The van der Waals surface area contributed by atoms with E-state index in [0.717, 1.165) is 0 Å². The first-order valence-corrected chi connectivity index (χ1v) is 1.80. The van der Waals surface area contributed by atoms with Crippen molar-refractivity contribution >= 4 is 30.7 Å². The zero-order valence-electron chi connectivity index (χ0n) is 3.01. The summed E-state index contributed by atoms with van der Waals surface area (Å²) in [6.07, 6.45) is 0. The lowest BCUT2D eigenvalue weighted by atomic mass is 11.5. The van der Waals surface area contributed by atoms with Crippen molar-refractivity contribution in [1.29, 1.82) is 0 Å². The van der Waals surface area contributed by atoms with Crippen LogP contribution in [0.25, 0.3) is 0 Å². The van der Waals surface area contributed by atoms with E-state index >= 15 is 0 Å². The second kappa shape index (κ2) is 5.13. The van der Waals surface area contributed by atoms with Gasteiger partial charge in [0.1, 0.15) is 0 Å². The molecule has 0 saturated carbocycles. The van der Waals surface area contributed by atoms with Crippen LogP contribution in [0.1, 0.15) is 0 Å². The highest BCUT2D eigenvalue weighted by molar-refractivity contribution is 7.98. The maximum atomic E-state index is 9.49. The Labute approximate surface area is 47.0 Å². The van der Waals surface area contributed by atoms with Crippen LogP contribution >= 0.6 is 25.4 Å². The molecule has 6 heavy (non-hydrogen) atoms. The third-order valence-electron chi connectivity index (χ3n) is 0.0956. The topological polar surface area (TPSA) is 64.1 Å². The number of rotatable bonds is 0. The van der Waals surface area contributed by atoms with E-state index < -0.39 is 5.24 Å². The first-order valence-electron chi connectivity index (χ1n) is 0.901. The van der Waals surface area contributed by atoms with Crippen molar-refractivity contribution in [3.8, 4) is 0 Å². The summed E-state index contributed by atoms with van der Waals surface area (Å²) in [7, 11) is 0. The van der Waals surface area contributed by atoms with E-state index in [0.29, 0.717) is 0 Å². The summed E-state index contributed by atoms with van der Waals surface area (Å²) in [6, 6.07) is 0. The van der Waals surface area contributed by atoms with Gasteiger partial charge in [0.2, 0.25) is 0 Å². The predicted molar refractivity (Wildman–Crippen MR) is 31.5 cm³/mol. The van der Waals surface area contributed by atoms with Crippen LogP contribution < -0.4 is 10.9 Å². The number of thiol groups is 2. The Hall–Kier alpha value is 0.130. The molecule has 0 aliphatic carbocycles. The van der Waals surface area contributed by atoms with E-state index in [4.69, 9.17) is 0 Å². The molecule has 0 saturated heterocycles. The number of amides is 1. The van der Waals surface area contributed by atoms with Crippen molar-refractivity contribution in [2.75, 3.05) is 0 Å². The molecule has 0 heterocycles. The lowest BCUT2D eigenvalue weighted by molar-refractivity contribution is 0.265. The van der Waals surface area contributed by atoms with Gasteiger partial charge in [-0.25, -0.2) is 0 Å². The molecule has 0 unspecified atom stereocenters. The molecule has 5 heteroatoms. The maximum Gasteiger partial charge on any atom is 0.285 e. The summed E-state index contributed by atoms with van der Waals surface area (Å²) >= 11 is 6.61. The summed E-state index contributed by atoms with van der Waals surface area (Å²) in [5, 5.41) is -0.437. The monoisotopic (exact) mass is 126 g/mol. The molecule has 3 nitrogen and oxygen atoms in total. The van der Waals surface area contributed by atoms with Gasteiger partial charge in [-0.15, -0.1) is 0 Å². The average molecular weight is 126 g/mol. The molecule has 0 aromatic heterocycles. The summed E-state index contributed by atoms with van der Waals surface area (Å²) in [6.45, 7) is 0. The minimum atomic E-state index is -0.437. The fraction of sp³-hybridized carbons (Fsp3) is 0. The summed E-state index contributed by atoms with van der Waals surface area (Å²) in [5.74, 6) is 0. The highest BCUT2D eigenvalue weighted by atomic mass is 32.1. The number of hydrogen-bond donors (Lipinski definition) is 4. The molecule has 0 atom stereocenters. The zero-order valence-corrected chi connectivity index (χ0v) is 4.80. The highest BCUT2D eigenvalue weighted by Crippen LogP contribution is 1.72. The fourth-order valence-corrected chi connectivity index (χ4v) is 0. The second-order valence-electron chi connectivity index (χ2n) is 0.417. The SMILES string of the molecule is N.O=C(S)NS. The van der Waals surface area contributed by atoms with Gasteiger partial charge in [0.25, 0.3) is 5.24 Å². The van der Waals surface area contributed by atoms with E-state index in [1.165, 1.54) is 0 Å². The number of hydrogen-bond acceptors (Lipinski definition) is 3. The van der Waals surface area contributed by atoms with E-state index in [1.54, 1.807) is 0 Å². The normalized spacial score (nSPS) is 5.67. The van der Waals surface area contributed by atoms with Crippen molar-refractivity contribution < 1.29 is 4.79 Å². The van der Waals surface area contributed by atoms with E-state index in [1.807, 2.05) is 4.72 Å². The first-order chi connectivity index (χ1) is 2.27. The average Bonchev–Trinajstić information content (AvgIpc) is 1.38. The van der Waals surface area contributed by atoms with Crippen LogP contribution in [-0.2, 0) is 0 Å². The summed E-state index contributed by atoms with van der Waals surface area (Å²) < 4.78 is 1.95. The van der Waals surface area contributed by atoms with E-state index in [9.17, 15) is 4.79 Å². The van der Waals surface area contributed by atoms with Crippen molar-refractivity contribution in [1.82, 2.24) is 10.9 Å². The van der Waals surface area contributed by atoms with Crippen LogP contribution in [-0.4, -0.2) is 5.24 Å². The molecule has 1 amide bonds. The predicted octanol–water partition coefficient (Wildman–Crippen LogP) is 0.633. The Morgan fingerprint density at radius 1 is 1.67 bits per heavy atom. The molecule has 0 bridgehead atoms. The van der Waals surface area contributed by atoms with E-state index in [-0.39, 0.29) is 6.15 Å². The Kier molecular flexibility index (Phi) is 8.09. The van der Waals surface area contributed by atoms with Gasteiger partial charge in [-0.3, -0.25) is 9.52 Å². The van der Waals surface area contributed by atoms with Crippen LogP contribution in [0.5, 0.6) is 0 Å². The van der Waals surface area contributed by atoms with Gasteiger partial charge < -0.3 is 6.15 Å². The fourth-order valence-electron chi connectivity index (χ4n) is 0. The van der Waals surface area contributed by atoms with Gasteiger partial charge in [-0.2, -0.15) is 0 Å². The van der Waals surface area contributed by atoms with Gasteiger partial charge in [-0.05, 0) is 0 Å². The molecule has 0 rings (SSSR count). The molecular formula is CH6N2OS2. The summed E-state index contributed by atoms with van der Waals surface area (Å²) in [4.78, 5) is 9.49. The van der Waals surface area contributed by atoms with Crippen molar-refractivity contribution in [3.63, 3.8) is 0 Å². The van der Waals surface area contributed by atoms with E-state index in [2.05, 4.69) is 25.4 Å². The molecule has 0 aromatic carbocycles. The largest absolute Gasteiger partial charge is 0.344 e. The lowest BCUT2D eigenvalue weighted by Crippen LogP contribution is -1.98. The van der Waals surface area contributed by atoms with Crippen molar-refractivity contribution in [2.24, 2.45) is 0 Å². The first kappa shape index (κ1) is 9.46. The maximum absolute atomic E-state index is 9.49. The van der Waals surface area contributed by atoms with Gasteiger partial charge >= 0.3 is 0 Å². The van der Waals surface area contributed by atoms with Gasteiger partial charge in [-0.1, -0.05) is 25.4 Å². The smallest absolute Gasteiger partial charge is 0.285 e. The van der Waals surface area contributed by atoms with Crippen LogP contribution in [0, 0.1) is 0 Å². The summed E-state index contributed by atoms with van der Waals surface area (Å²) in [5.41, 5.74) is 0. The van der Waals surface area contributed by atoms with Crippen LogP contribution in [0.3, 0.4) is 0 Å². The standard InChI is InChI=1S/CH3NOS2.H3N/c3-1(4)2-5;/h5H,(H2,2,3,4);1H3. The van der Waals surface area contributed by atoms with Gasteiger partial charge in [0.15, 0.2) is 0 Å². The Morgan fingerprint density at radius 2 is 1.83 bits per heavy atom. The zero-order chi connectivity index (χ0) is 4.28. The van der Waals surface area contributed by atoms with Crippen molar-refractivity contribution in [2.45, 2.75) is 0 Å². The van der Waals surface area contributed by atoms with Crippen LogP contribution in [0.2, 0.25) is 0 Å². The third-order valence-corrected chi connectivity index (χ3v) is 0.587. The third kappa shape index (κ3) is 8.92. The number of carbonyl (C=O) groups excluding carboxylic acids is 1. The molecule has 4 N–H and O–H groups in total. The Morgan fingerprint density at radius 3 is 1.83 bits per heavy atom. The minimum absolute atomic E-state index is 0. The quantitative estimate of drug-likeness (QED) is 0.360. The molecular weight excluding hydrogens is 120 g/mol. The molecule has 0 spiro atoms. The number of carbonyl (C=O) groups is 1. The Balaban J connectivity index is 0. The van der Waals surface area contributed by atoms with Crippen LogP contribution in [0.4, 0.5) is 4.79 Å². The lowest BCUT2D eigenvalue weighted by Gasteiger charge is -1.77. The molecule has 0 radical (unpaired) electrons. The Bertz CT molecular complexity index is 46.8. The van der Waals surface area contributed by atoms with Gasteiger partial charge in [0, 0.05) is 0 Å². The van der Waals surface area contributed by atoms with Gasteiger partial charge in [0.05, 0.1) is 0 Å².